The Labute approximate surface area is 159 Å². The van der Waals surface area contributed by atoms with Crippen LogP contribution in [0.1, 0.15) is 5.56 Å². The lowest BCUT2D eigenvalue weighted by Gasteiger charge is -2.27. The van der Waals surface area contributed by atoms with Gasteiger partial charge in [-0.1, -0.05) is 11.6 Å². The van der Waals surface area contributed by atoms with Gasteiger partial charge in [-0.3, -0.25) is 14.3 Å². The number of benzene rings is 1. The van der Waals surface area contributed by atoms with Gasteiger partial charge in [-0.2, -0.15) is 13.2 Å². The molecule has 2 aromatic rings. The molecule has 0 amide bonds. The number of halogens is 4. The van der Waals surface area contributed by atoms with Gasteiger partial charge in [0.25, 0.3) is 5.56 Å². The Hall–Kier alpha value is -2.03. The Bertz CT molecular complexity index is 847. The van der Waals surface area contributed by atoms with E-state index < -0.39 is 17.3 Å². The van der Waals surface area contributed by atoms with Gasteiger partial charge >= 0.3 is 6.18 Å². The smallest absolute Gasteiger partial charge is 0.384 e. The highest BCUT2D eigenvalue weighted by Crippen LogP contribution is 2.30. The van der Waals surface area contributed by atoms with Gasteiger partial charge in [-0.15, -0.1) is 0 Å². The summed E-state index contributed by atoms with van der Waals surface area (Å²) in [5.74, 6) is 0. The summed E-state index contributed by atoms with van der Waals surface area (Å²) in [6.45, 7) is 5.56. The van der Waals surface area contributed by atoms with Crippen LogP contribution in [-0.4, -0.2) is 48.7 Å². The van der Waals surface area contributed by atoms with Crippen LogP contribution in [0.25, 0.3) is 5.69 Å². The van der Waals surface area contributed by atoms with Crippen molar-refractivity contribution >= 4 is 17.3 Å². The standard InChI is InChI=1S/C18H20ClF3N4O/c19-15-11-14(24-7-10-25-8-5-23-6-9-25)2-3-16(15)26-12-13(18(20,21)22)1-4-17(26)27/h1-4,11-12,23-24H,5-10H2. The van der Waals surface area contributed by atoms with E-state index in [0.29, 0.717) is 0 Å². The molecule has 0 unspecified atom stereocenters. The molecule has 9 heteroatoms. The minimum atomic E-state index is -4.53. The summed E-state index contributed by atoms with van der Waals surface area (Å²) in [4.78, 5) is 14.3. The molecule has 1 aliphatic rings. The van der Waals surface area contributed by atoms with E-state index in [-0.39, 0.29) is 10.7 Å². The molecule has 27 heavy (non-hydrogen) atoms. The highest BCUT2D eigenvalue weighted by atomic mass is 35.5. The maximum absolute atomic E-state index is 12.9. The lowest BCUT2D eigenvalue weighted by Crippen LogP contribution is -2.45. The molecule has 2 N–H and O–H groups in total. The number of nitrogens with one attached hydrogen (secondary N) is 2. The van der Waals surface area contributed by atoms with Crippen molar-refractivity contribution in [2.75, 3.05) is 44.6 Å². The Morgan fingerprint density at radius 3 is 2.56 bits per heavy atom. The van der Waals surface area contributed by atoms with E-state index in [4.69, 9.17) is 11.6 Å². The minimum Gasteiger partial charge on any atom is -0.384 e. The van der Waals surface area contributed by atoms with Gasteiger partial charge in [-0.25, -0.2) is 0 Å². The van der Waals surface area contributed by atoms with Gasteiger partial charge in [0.05, 0.1) is 16.3 Å². The molecule has 1 aromatic carbocycles. The molecule has 146 valence electrons. The number of pyridine rings is 1. The highest BCUT2D eigenvalue weighted by molar-refractivity contribution is 6.32. The lowest BCUT2D eigenvalue weighted by molar-refractivity contribution is -0.138. The largest absolute Gasteiger partial charge is 0.417 e. The number of hydrogen-bond acceptors (Lipinski definition) is 4. The number of rotatable bonds is 5. The molecule has 0 saturated carbocycles. The Morgan fingerprint density at radius 1 is 1.15 bits per heavy atom. The van der Waals surface area contributed by atoms with Crippen LogP contribution in [0.5, 0.6) is 0 Å². The average molecular weight is 401 g/mol. The zero-order valence-corrected chi connectivity index (χ0v) is 15.3. The van der Waals surface area contributed by atoms with E-state index in [9.17, 15) is 18.0 Å². The molecular weight excluding hydrogens is 381 g/mol. The molecule has 1 fully saturated rings. The third kappa shape index (κ3) is 5.03. The van der Waals surface area contributed by atoms with Crippen molar-refractivity contribution in [3.05, 3.63) is 57.5 Å². The normalized spacial score (nSPS) is 15.7. The fourth-order valence-electron chi connectivity index (χ4n) is 2.95. The Balaban J connectivity index is 1.72. The number of anilines is 1. The average Bonchev–Trinajstić information content (AvgIpc) is 2.63. The second-order valence-electron chi connectivity index (χ2n) is 6.31. The fourth-order valence-corrected chi connectivity index (χ4v) is 3.22. The topological polar surface area (TPSA) is 49.3 Å². The number of aromatic nitrogens is 1. The molecule has 0 bridgehead atoms. The van der Waals surface area contributed by atoms with Gasteiger partial charge in [0.1, 0.15) is 0 Å². The van der Waals surface area contributed by atoms with Crippen LogP contribution in [0.3, 0.4) is 0 Å². The predicted octanol–water partition coefficient (Wildman–Crippen LogP) is 2.83. The van der Waals surface area contributed by atoms with Gasteiger partial charge in [0.2, 0.25) is 0 Å². The second kappa shape index (κ2) is 8.33. The number of piperazine rings is 1. The van der Waals surface area contributed by atoms with Gasteiger partial charge < -0.3 is 10.6 Å². The van der Waals surface area contributed by atoms with Crippen molar-refractivity contribution in [2.45, 2.75) is 6.18 Å². The Morgan fingerprint density at radius 2 is 1.89 bits per heavy atom. The third-order valence-corrected chi connectivity index (χ3v) is 4.72. The highest BCUT2D eigenvalue weighted by Gasteiger charge is 2.31. The minimum absolute atomic E-state index is 0.198. The van der Waals surface area contributed by atoms with Crippen LogP contribution >= 0.6 is 11.6 Å². The monoisotopic (exact) mass is 400 g/mol. The summed E-state index contributed by atoms with van der Waals surface area (Å²) in [5, 5.41) is 6.74. The lowest BCUT2D eigenvalue weighted by atomic mass is 10.2. The van der Waals surface area contributed by atoms with Crippen molar-refractivity contribution in [3.8, 4) is 5.69 Å². The number of alkyl halides is 3. The van der Waals surface area contributed by atoms with Crippen molar-refractivity contribution in [3.63, 3.8) is 0 Å². The summed E-state index contributed by atoms with van der Waals surface area (Å²) in [7, 11) is 0. The second-order valence-corrected chi connectivity index (χ2v) is 6.72. The number of nitrogens with zero attached hydrogens (tertiary/aromatic N) is 2. The van der Waals surface area contributed by atoms with Crippen LogP contribution in [0, 0.1) is 0 Å². The van der Waals surface area contributed by atoms with Crippen molar-refractivity contribution in [1.29, 1.82) is 0 Å². The molecule has 1 aromatic heterocycles. The summed E-state index contributed by atoms with van der Waals surface area (Å²) in [6.07, 6.45) is -3.77. The predicted molar refractivity (Wildman–Crippen MR) is 99.9 cm³/mol. The van der Waals surface area contributed by atoms with E-state index in [0.717, 1.165) is 67.9 Å². The molecule has 0 atom stereocenters. The molecule has 0 spiro atoms. The van der Waals surface area contributed by atoms with Crippen LogP contribution < -0.4 is 16.2 Å². The molecule has 5 nitrogen and oxygen atoms in total. The first-order chi connectivity index (χ1) is 12.8. The number of hydrogen-bond donors (Lipinski definition) is 2. The maximum Gasteiger partial charge on any atom is 0.417 e. The zero-order valence-electron chi connectivity index (χ0n) is 14.5. The van der Waals surface area contributed by atoms with Gasteiger partial charge in [-0.05, 0) is 24.3 Å². The quantitative estimate of drug-likeness (QED) is 0.810. The van der Waals surface area contributed by atoms with Crippen LogP contribution in [0.2, 0.25) is 5.02 Å². The van der Waals surface area contributed by atoms with Crippen LogP contribution in [-0.2, 0) is 6.18 Å². The van der Waals surface area contributed by atoms with Crippen molar-refractivity contribution < 1.29 is 13.2 Å². The molecule has 3 rings (SSSR count). The third-order valence-electron chi connectivity index (χ3n) is 4.41. The molecule has 1 saturated heterocycles. The van der Waals surface area contributed by atoms with Crippen molar-refractivity contribution in [1.82, 2.24) is 14.8 Å². The molecular formula is C18H20ClF3N4O. The van der Waals surface area contributed by atoms with Gasteiger partial charge in [0.15, 0.2) is 0 Å². The van der Waals surface area contributed by atoms with E-state index in [1.54, 1.807) is 12.1 Å². The molecule has 2 heterocycles. The van der Waals surface area contributed by atoms with Crippen molar-refractivity contribution in [2.24, 2.45) is 0 Å². The first-order valence-corrected chi connectivity index (χ1v) is 8.99. The van der Waals surface area contributed by atoms with Crippen LogP contribution in [0.4, 0.5) is 18.9 Å². The summed E-state index contributed by atoms with van der Waals surface area (Å²) in [5.41, 5.74) is -0.528. The maximum atomic E-state index is 12.9. The molecule has 0 radical (unpaired) electrons. The van der Waals surface area contributed by atoms with E-state index >= 15 is 0 Å². The van der Waals surface area contributed by atoms with E-state index in [1.165, 1.54) is 6.07 Å². The van der Waals surface area contributed by atoms with E-state index in [1.807, 2.05) is 0 Å². The molecule has 1 aliphatic heterocycles. The summed E-state index contributed by atoms with van der Waals surface area (Å²) >= 11 is 6.23. The van der Waals surface area contributed by atoms with Gasteiger partial charge in [0, 0.05) is 57.2 Å². The van der Waals surface area contributed by atoms with Crippen LogP contribution in [0.15, 0.2) is 41.3 Å². The summed E-state index contributed by atoms with van der Waals surface area (Å²) in [6, 6.07) is 6.50. The first kappa shape index (κ1) is 19.7. The first-order valence-electron chi connectivity index (χ1n) is 8.61. The SMILES string of the molecule is O=c1ccc(C(F)(F)F)cn1-c1ccc(NCCN2CCNCC2)cc1Cl. The van der Waals surface area contributed by atoms with E-state index in [2.05, 4.69) is 15.5 Å². The molecule has 0 aliphatic carbocycles. The summed E-state index contributed by atoms with van der Waals surface area (Å²) < 4.78 is 39.6. The fraction of sp³-hybridized carbons (Fsp3) is 0.389. The Kier molecular flexibility index (Phi) is 6.08. The zero-order chi connectivity index (χ0) is 19.4.